The highest BCUT2D eigenvalue weighted by molar-refractivity contribution is 9.09. The largest absolute Gasteiger partial charge is 0.356 e. The number of amides is 1. The van der Waals surface area contributed by atoms with Crippen LogP contribution in [0.4, 0.5) is 0 Å². The van der Waals surface area contributed by atoms with Crippen molar-refractivity contribution in [2.45, 2.75) is 27.2 Å². The molecule has 0 aliphatic carbocycles. The molecule has 0 unspecified atom stereocenters. The second-order valence-electron chi connectivity index (χ2n) is 3.43. The summed E-state index contributed by atoms with van der Waals surface area (Å²) in [6.45, 7) is 6.82. The maximum atomic E-state index is 10.8. The standard InChI is InChI=1S/C8H16BrNO/c1-4-7(11)10-6-8(2,3)5-9/h4-6H2,1-3H3,(H,10,11). The maximum absolute atomic E-state index is 10.8. The first-order valence-corrected chi connectivity index (χ1v) is 4.96. The van der Waals surface area contributed by atoms with Crippen molar-refractivity contribution in [3.05, 3.63) is 0 Å². The number of alkyl halides is 1. The molecule has 66 valence electrons. The molecule has 1 N–H and O–H groups in total. The smallest absolute Gasteiger partial charge is 0.219 e. The molecule has 0 rings (SSSR count). The van der Waals surface area contributed by atoms with Gasteiger partial charge in [0, 0.05) is 18.3 Å². The van der Waals surface area contributed by atoms with Crippen LogP contribution in [0.15, 0.2) is 0 Å². The van der Waals surface area contributed by atoms with Gasteiger partial charge in [-0.15, -0.1) is 0 Å². The molecule has 0 aliphatic heterocycles. The van der Waals surface area contributed by atoms with Crippen molar-refractivity contribution in [2.75, 3.05) is 11.9 Å². The molecule has 1 amide bonds. The Morgan fingerprint density at radius 1 is 1.55 bits per heavy atom. The zero-order valence-electron chi connectivity index (χ0n) is 7.41. The van der Waals surface area contributed by atoms with Gasteiger partial charge in [-0.25, -0.2) is 0 Å². The zero-order chi connectivity index (χ0) is 8.91. The van der Waals surface area contributed by atoms with Gasteiger partial charge in [0.1, 0.15) is 0 Å². The number of hydrogen-bond donors (Lipinski definition) is 1. The summed E-state index contributed by atoms with van der Waals surface area (Å²) < 4.78 is 0. The van der Waals surface area contributed by atoms with Crippen LogP contribution in [0.3, 0.4) is 0 Å². The summed E-state index contributed by atoms with van der Waals surface area (Å²) in [4.78, 5) is 10.8. The molecule has 2 nitrogen and oxygen atoms in total. The lowest BCUT2D eigenvalue weighted by Gasteiger charge is -2.21. The second kappa shape index (κ2) is 4.75. The molecule has 0 heterocycles. The number of nitrogens with one attached hydrogen (secondary N) is 1. The Bertz CT molecular complexity index is 134. The number of rotatable bonds is 4. The van der Waals surface area contributed by atoms with Crippen molar-refractivity contribution in [3.63, 3.8) is 0 Å². The molecule has 0 aromatic rings. The Labute approximate surface area is 76.9 Å². The van der Waals surface area contributed by atoms with Crippen LogP contribution < -0.4 is 5.32 Å². The van der Waals surface area contributed by atoms with Crippen LogP contribution in [0.2, 0.25) is 0 Å². The van der Waals surface area contributed by atoms with E-state index in [1.54, 1.807) is 0 Å². The molecule has 0 aliphatic rings. The van der Waals surface area contributed by atoms with Crippen LogP contribution in [0.25, 0.3) is 0 Å². The summed E-state index contributed by atoms with van der Waals surface area (Å²) in [5, 5.41) is 3.76. The van der Waals surface area contributed by atoms with E-state index in [1.165, 1.54) is 0 Å². The van der Waals surface area contributed by atoms with Crippen LogP contribution in [0, 0.1) is 5.41 Å². The highest BCUT2D eigenvalue weighted by Crippen LogP contribution is 2.16. The van der Waals surface area contributed by atoms with Crippen molar-refractivity contribution in [1.29, 1.82) is 0 Å². The van der Waals surface area contributed by atoms with E-state index >= 15 is 0 Å². The Balaban J connectivity index is 3.61. The first kappa shape index (κ1) is 11.0. The van der Waals surface area contributed by atoms with Crippen LogP contribution >= 0.6 is 15.9 Å². The Hall–Kier alpha value is -0.0500. The van der Waals surface area contributed by atoms with Crippen molar-refractivity contribution in [3.8, 4) is 0 Å². The summed E-state index contributed by atoms with van der Waals surface area (Å²) in [6.07, 6.45) is 0.568. The van der Waals surface area contributed by atoms with Gasteiger partial charge >= 0.3 is 0 Å². The van der Waals surface area contributed by atoms with Gasteiger partial charge in [-0.05, 0) is 5.41 Å². The van der Waals surface area contributed by atoms with E-state index in [9.17, 15) is 4.79 Å². The van der Waals surface area contributed by atoms with Crippen LogP contribution in [-0.2, 0) is 4.79 Å². The van der Waals surface area contributed by atoms with Crippen molar-refractivity contribution < 1.29 is 4.79 Å². The van der Waals surface area contributed by atoms with E-state index in [1.807, 2.05) is 6.92 Å². The van der Waals surface area contributed by atoms with Crippen LogP contribution in [-0.4, -0.2) is 17.8 Å². The first-order valence-electron chi connectivity index (χ1n) is 3.84. The Morgan fingerprint density at radius 3 is 2.45 bits per heavy atom. The molecule has 0 spiro atoms. The summed E-state index contributed by atoms with van der Waals surface area (Å²) in [5.41, 5.74) is 0.158. The van der Waals surface area contributed by atoms with E-state index in [4.69, 9.17) is 0 Å². The third-order valence-electron chi connectivity index (χ3n) is 1.45. The number of carbonyl (C=O) groups is 1. The molecule has 0 saturated carbocycles. The summed E-state index contributed by atoms with van der Waals surface area (Å²) >= 11 is 3.39. The maximum Gasteiger partial charge on any atom is 0.219 e. The molecule has 0 aromatic heterocycles. The minimum Gasteiger partial charge on any atom is -0.356 e. The molecule has 3 heteroatoms. The average molecular weight is 222 g/mol. The lowest BCUT2D eigenvalue weighted by molar-refractivity contribution is -0.121. The fourth-order valence-corrected chi connectivity index (χ4v) is 0.708. The predicted octanol–water partition coefficient (Wildman–Crippen LogP) is 1.93. The monoisotopic (exact) mass is 221 g/mol. The van der Waals surface area contributed by atoms with E-state index in [0.717, 1.165) is 11.9 Å². The van der Waals surface area contributed by atoms with Gasteiger partial charge in [-0.1, -0.05) is 36.7 Å². The van der Waals surface area contributed by atoms with Gasteiger partial charge in [0.25, 0.3) is 0 Å². The van der Waals surface area contributed by atoms with Crippen LogP contribution in [0.1, 0.15) is 27.2 Å². The molecule has 0 fully saturated rings. The molecule has 0 saturated heterocycles. The molecule has 0 atom stereocenters. The molecular weight excluding hydrogens is 206 g/mol. The zero-order valence-corrected chi connectivity index (χ0v) is 8.99. The van der Waals surface area contributed by atoms with Gasteiger partial charge < -0.3 is 5.32 Å². The van der Waals surface area contributed by atoms with E-state index in [-0.39, 0.29) is 11.3 Å². The molecule has 0 bridgehead atoms. The first-order chi connectivity index (χ1) is 5.02. The minimum absolute atomic E-state index is 0.124. The Morgan fingerprint density at radius 2 is 2.09 bits per heavy atom. The van der Waals surface area contributed by atoms with E-state index < -0.39 is 0 Å². The van der Waals surface area contributed by atoms with E-state index in [2.05, 4.69) is 35.1 Å². The summed E-state index contributed by atoms with van der Waals surface area (Å²) in [7, 11) is 0. The fourth-order valence-electron chi connectivity index (χ4n) is 0.510. The fraction of sp³-hybridized carbons (Fsp3) is 0.875. The highest BCUT2D eigenvalue weighted by atomic mass is 79.9. The normalized spacial score (nSPS) is 11.3. The van der Waals surface area contributed by atoms with Crippen molar-refractivity contribution in [1.82, 2.24) is 5.32 Å². The van der Waals surface area contributed by atoms with Crippen molar-refractivity contribution >= 4 is 21.8 Å². The minimum atomic E-state index is 0.124. The molecule has 0 radical (unpaired) electrons. The molecule has 11 heavy (non-hydrogen) atoms. The summed E-state index contributed by atoms with van der Waals surface area (Å²) in [5.74, 6) is 0.124. The lowest BCUT2D eigenvalue weighted by Crippen LogP contribution is -2.34. The van der Waals surface area contributed by atoms with Crippen LogP contribution in [0.5, 0.6) is 0 Å². The van der Waals surface area contributed by atoms with Gasteiger partial charge in [0.15, 0.2) is 0 Å². The van der Waals surface area contributed by atoms with Gasteiger partial charge in [0.2, 0.25) is 5.91 Å². The van der Waals surface area contributed by atoms with Gasteiger partial charge in [0.05, 0.1) is 0 Å². The number of halogens is 1. The number of hydrogen-bond acceptors (Lipinski definition) is 1. The third-order valence-corrected chi connectivity index (χ3v) is 2.96. The second-order valence-corrected chi connectivity index (χ2v) is 3.99. The predicted molar refractivity (Wildman–Crippen MR) is 50.9 cm³/mol. The van der Waals surface area contributed by atoms with Crippen molar-refractivity contribution in [2.24, 2.45) is 5.41 Å². The summed E-state index contributed by atoms with van der Waals surface area (Å²) in [6, 6.07) is 0. The Kier molecular flexibility index (Phi) is 4.73. The average Bonchev–Trinajstić information content (AvgIpc) is 2.00. The van der Waals surface area contributed by atoms with Gasteiger partial charge in [-0.2, -0.15) is 0 Å². The number of carbonyl (C=O) groups excluding carboxylic acids is 1. The molecule has 0 aromatic carbocycles. The topological polar surface area (TPSA) is 29.1 Å². The highest BCUT2D eigenvalue weighted by Gasteiger charge is 2.16. The SMILES string of the molecule is CCC(=O)NCC(C)(C)CBr. The van der Waals surface area contributed by atoms with Gasteiger partial charge in [-0.3, -0.25) is 4.79 Å². The lowest BCUT2D eigenvalue weighted by atomic mass is 9.97. The third kappa shape index (κ3) is 5.24. The quantitative estimate of drug-likeness (QED) is 0.723. The van der Waals surface area contributed by atoms with E-state index in [0.29, 0.717) is 6.42 Å². The molecular formula is C8H16BrNO.